The van der Waals surface area contributed by atoms with Crippen LogP contribution in [0.4, 0.5) is 10.7 Å². The van der Waals surface area contributed by atoms with Crippen LogP contribution in [0.3, 0.4) is 0 Å². The van der Waals surface area contributed by atoms with E-state index in [0.717, 1.165) is 36.6 Å². The fourth-order valence-electron chi connectivity index (χ4n) is 2.29. The maximum atomic E-state index is 12.1. The van der Waals surface area contributed by atoms with E-state index >= 15 is 0 Å². The Labute approximate surface area is 116 Å². The standard InChI is InChI=1S/C13H18N2OS2/c1-8-7-15(4-5-17-8)11-6-10(14)13(18-11)12(16)9-2-3-9/h6,8-9H,2-5,7,14H2,1H3. The molecule has 1 aliphatic heterocycles. The second-order valence-electron chi connectivity index (χ2n) is 5.14. The lowest BCUT2D eigenvalue weighted by Gasteiger charge is -2.31. The summed E-state index contributed by atoms with van der Waals surface area (Å²) in [4.78, 5) is 15.3. The van der Waals surface area contributed by atoms with Gasteiger partial charge in [-0.25, -0.2) is 0 Å². The predicted molar refractivity (Wildman–Crippen MR) is 79.9 cm³/mol. The highest BCUT2D eigenvalue weighted by Gasteiger charge is 2.33. The molecule has 1 saturated carbocycles. The molecule has 0 aromatic carbocycles. The Hall–Kier alpha value is -0.680. The predicted octanol–water partition coefficient (Wildman–Crippen LogP) is 2.86. The van der Waals surface area contributed by atoms with Gasteiger partial charge in [0.25, 0.3) is 0 Å². The average Bonchev–Trinajstić information content (AvgIpc) is 3.12. The molecule has 1 atom stereocenters. The fraction of sp³-hybridized carbons (Fsp3) is 0.615. The monoisotopic (exact) mass is 282 g/mol. The highest BCUT2D eigenvalue weighted by molar-refractivity contribution is 8.00. The zero-order chi connectivity index (χ0) is 12.7. The van der Waals surface area contributed by atoms with E-state index in [-0.39, 0.29) is 11.7 Å². The minimum absolute atomic E-state index is 0.259. The van der Waals surface area contributed by atoms with Crippen molar-refractivity contribution in [3.05, 3.63) is 10.9 Å². The number of nitrogen functional groups attached to an aromatic ring is 1. The third-order valence-electron chi connectivity index (χ3n) is 3.47. The Morgan fingerprint density at radius 1 is 1.50 bits per heavy atom. The first-order chi connectivity index (χ1) is 8.65. The molecular weight excluding hydrogens is 264 g/mol. The van der Waals surface area contributed by atoms with Gasteiger partial charge in [-0.05, 0) is 18.9 Å². The van der Waals surface area contributed by atoms with Crippen molar-refractivity contribution in [1.29, 1.82) is 0 Å². The molecule has 1 aromatic heterocycles. The molecule has 0 radical (unpaired) electrons. The summed E-state index contributed by atoms with van der Waals surface area (Å²) in [6.07, 6.45) is 2.09. The molecule has 1 aromatic rings. The Morgan fingerprint density at radius 3 is 2.94 bits per heavy atom. The van der Waals surface area contributed by atoms with Crippen LogP contribution < -0.4 is 10.6 Å². The molecule has 1 unspecified atom stereocenters. The number of ketones is 1. The van der Waals surface area contributed by atoms with Crippen molar-refractivity contribution in [2.24, 2.45) is 5.92 Å². The molecule has 2 aliphatic rings. The largest absolute Gasteiger partial charge is 0.397 e. The number of carbonyl (C=O) groups is 1. The molecule has 0 bridgehead atoms. The number of anilines is 2. The maximum absolute atomic E-state index is 12.1. The topological polar surface area (TPSA) is 46.3 Å². The summed E-state index contributed by atoms with van der Waals surface area (Å²) in [5, 5.41) is 1.83. The Kier molecular flexibility index (Phi) is 3.28. The van der Waals surface area contributed by atoms with E-state index in [0.29, 0.717) is 10.9 Å². The highest BCUT2D eigenvalue weighted by Crippen LogP contribution is 2.40. The van der Waals surface area contributed by atoms with Gasteiger partial charge in [0.2, 0.25) is 0 Å². The van der Waals surface area contributed by atoms with Crippen LogP contribution in [0.15, 0.2) is 6.07 Å². The zero-order valence-electron chi connectivity index (χ0n) is 10.5. The first-order valence-corrected chi connectivity index (χ1v) is 8.31. The Morgan fingerprint density at radius 2 is 2.28 bits per heavy atom. The SMILES string of the molecule is CC1CN(c2cc(N)c(C(=O)C3CC3)s2)CCS1. The van der Waals surface area contributed by atoms with Crippen LogP contribution in [0.1, 0.15) is 29.4 Å². The molecule has 5 heteroatoms. The van der Waals surface area contributed by atoms with Crippen molar-refractivity contribution in [2.45, 2.75) is 25.0 Å². The smallest absolute Gasteiger partial charge is 0.178 e. The number of nitrogens with zero attached hydrogens (tertiary/aromatic N) is 1. The Balaban J connectivity index is 1.80. The van der Waals surface area contributed by atoms with E-state index in [1.54, 1.807) is 11.3 Å². The molecule has 3 nitrogen and oxygen atoms in total. The molecule has 0 amide bonds. The summed E-state index contributed by atoms with van der Waals surface area (Å²) in [5.74, 6) is 1.68. The van der Waals surface area contributed by atoms with Gasteiger partial charge in [-0.2, -0.15) is 11.8 Å². The molecule has 2 fully saturated rings. The first kappa shape index (κ1) is 12.4. The fourth-order valence-corrected chi connectivity index (χ4v) is 4.44. The van der Waals surface area contributed by atoms with E-state index in [4.69, 9.17) is 5.73 Å². The third kappa shape index (κ3) is 2.38. The van der Waals surface area contributed by atoms with Crippen LogP contribution in [0.5, 0.6) is 0 Å². The second kappa shape index (κ2) is 4.78. The van der Waals surface area contributed by atoms with Gasteiger partial charge < -0.3 is 10.6 Å². The molecular formula is C13H18N2OS2. The van der Waals surface area contributed by atoms with Gasteiger partial charge in [0.1, 0.15) is 0 Å². The summed E-state index contributed by atoms with van der Waals surface area (Å²) in [5.41, 5.74) is 6.69. The summed E-state index contributed by atoms with van der Waals surface area (Å²) in [6, 6.07) is 1.99. The molecule has 3 rings (SSSR count). The number of hydrogen-bond acceptors (Lipinski definition) is 5. The van der Waals surface area contributed by atoms with Gasteiger partial charge in [-0.15, -0.1) is 11.3 Å². The van der Waals surface area contributed by atoms with E-state index in [1.807, 2.05) is 17.8 Å². The van der Waals surface area contributed by atoms with Crippen molar-refractivity contribution >= 4 is 39.6 Å². The molecule has 2 heterocycles. The van der Waals surface area contributed by atoms with Crippen molar-refractivity contribution in [1.82, 2.24) is 0 Å². The lowest BCUT2D eigenvalue weighted by atomic mass is 10.2. The van der Waals surface area contributed by atoms with Crippen LogP contribution in [-0.2, 0) is 0 Å². The number of hydrogen-bond donors (Lipinski definition) is 1. The lowest BCUT2D eigenvalue weighted by molar-refractivity contribution is 0.0972. The molecule has 1 aliphatic carbocycles. The maximum Gasteiger partial charge on any atom is 0.178 e. The van der Waals surface area contributed by atoms with Crippen LogP contribution in [0, 0.1) is 5.92 Å². The van der Waals surface area contributed by atoms with Gasteiger partial charge in [0.05, 0.1) is 15.6 Å². The van der Waals surface area contributed by atoms with Gasteiger partial charge in [0.15, 0.2) is 5.78 Å². The molecule has 2 N–H and O–H groups in total. The summed E-state index contributed by atoms with van der Waals surface area (Å²) < 4.78 is 0. The average molecular weight is 282 g/mol. The van der Waals surface area contributed by atoms with Crippen molar-refractivity contribution in [3.63, 3.8) is 0 Å². The van der Waals surface area contributed by atoms with E-state index in [9.17, 15) is 4.79 Å². The van der Waals surface area contributed by atoms with E-state index in [1.165, 1.54) is 5.00 Å². The van der Waals surface area contributed by atoms with Crippen molar-refractivity contribution in [3.8, 4) is 0 Å². The molecule has 98 valence electrons. The van der Waals surface area contributed by atoms with Gasteiger partial charge in [-0.1, -0.05) is 6.92 Å². The van der Waals surface area contributed by atoms with Crippen LogP contribution >= 0.6 is 23.1 Å². The van der Waals surface area contributed by atoms with Crippen molar-refractivity contribution in [2.75, 3.05) is 29.5 Å². The number of thioether (sulfide) groups is 1. The van der Waals surface area contributed by atoms with E-state index < -0.39 is 0 Å². The number of thiophene rings is 1. The van der Waals surface area contributed by atoms with Crippen LogP contribution in [-0.4, -0.2) is 29.9 Å². The molecule has 0 spiro atoms. The zero-order valence-corrected chi connectivity index (χ0v) is 12.1. The minimum Gasteiger partial charge on any atom is -0.397 e. The van der Waals surface area contributed by atoms with Gasteiger partial charge in [0, 0.05) is 30.0 Å². The second-order valence-corrected chi connectivity index (χ2v) is 7.71. The van der Waals surface area contributed by atoms with Gasteiger partial charge >= 0.3 is 0 Å². The highest BCUT2D eigenvalue weighted by atomic mass is 32.2. The summed E-state index contributed by atoms with van der Waals surface area (Å²) in [7, 11) is 0. The normalized spacial score (nSPS) is 24.3. The summed E-state index contributed by atoms with van der Waals surface area (Å²) >= 11 is 3.60. The molecule has 18 heavy (non-hydrogen) atoms. The number of Topliss-reactive ketones (excluding diaryl/α,β-unsaturated/α-hetero) is 1. The number of rotatable bonds is 3. The van der Waals surface area contributed by atoms with Crippen molar-refractivity contribution < 1.29 is 4.79 Å². The van der Waals surface area contributed by atoms with Crippen LogP contribution in [0.25, 0.3) is 0 Å². The quantitative estimate of drug-likeness (QED) is 0.866. The number of nitrogens with two attached hydrogens (primary N) is 1. The van der Waals surface area contributed by atoms with E-state index in [2.05, 4.69) is 11.8 Å². The molecule has 1 saturated heterocycles. The summed E-state index contributed by atoms with van der Waals surface area (Å²) in [6.45, 7) is 4.37. The van der Waals surface area contributed by atoms with Crippen LogP contribution in [0.2, 0.25) is 0 Å². The third-order valence-corrected chi connectivity index (χ3v) is 5.84. The lowest BCUT2D eigenvalue weighted by Crippen LogP contribution is -2.36. The first-order valence-electron chi connectivity index (χ1n) is 6.45. The Bertz CT molecular complexity index is 468. The minimum atomic E-state index is 0.259. The number of carbonyl (C=O) groups excluding carboxylic acids is 1. The van der Waals surface area contributed by atoms with Gasteiger partial charge in [-0.3, -0.25) is 4.79 Å².